The fraction of sp³-hybridized carbons (Fsp3) is 1.00. The van der Waals surface area contributed by atoms with Crippen molar-refractivity contribution in [3.05, 3.63) is 0 Å². The molecule has 1 aliphatic rings. The number of aliphatic hydroxyl groups excluding tert-OH is 1. The van der Waals surface area contributed by atoms with Gasteiger partial charge in [0.25, 0.3) is 0 Å². The molecule has 0 aliphatic heterocycles. The molecule has 1 aliphatic carbocycles. The molecule has 0 heterocycles. The summed E-state index contributed by atoms with van der Waals surface area (Å²) in [6.07, 6.45) is 4.20. The maximum absolute atomic E-state index is 9.24. The third kappa shape index (κ3) is 1.66. The number of rotatable bonds is 1. The SMILES string of the molecule is CO[C@@H]1CCCC[C@H]1O. The van der Waals surface area contributed by atoms with Gasteiger partial charge in [-0.05, 0) is 12.8 Å². The minimum Gasteiger partial charge on any atom is -0.390 e. The van der Waals surface area contributed by atoms with Crippen molar-refractivity contribution in [3.8, 4) is 0 Å². The van der Waals surface area contributed by atoms with Crippen molar-refractivity contribution in [2.24, 2.45) is 0 Å². The minimum absolute atomic E-state index is 0.110. The highest BCUT2D eigenvalue weighted by molar-refractivity contribution is 4.73. The molecule has 1 N–H and O–H groups in total. The number of methoxy groups -OCH3 is 1. The molecule has 0 aromatic rings. The van der Waals surface area contributed by atoms with Crippen LogP contribution in [0, 0.1) is 0 Å². The molecule has 0 amide bonds. The van der Waals surface area contributed by atoms with Crippen LogP contribution in [0.25, 0.3) is 0 Å². The average molecular weight is 130 g/mol. The van der Waals surface area contributed by atoms with Crippen LogP contribution in [-0.4, -0.2) is 24.4 Å². The molecule has 0 saturated heterocycles. The lowest BCUT2D eigenvalue weighted by atomic mass is 9.95. The average Bonchev–Trinajstić information content (AvgIpc) is 1.89. The Bertz CT molecular complexity index is 83.0. The summed E-state index contributed by atoms with van der Waals surface area (Å²) in [6.45, 7) is 0. The summed E-state index contributed by atoms with van der Waals surface area (Å²) in [5, 5.41) is 9.24. The van der Waals surface area contributed by atoms with Crippen molar-refractivity contribution in [2.75, 3.05) is 7.11 Å². The second-order valence-corrected chi connectivity index (χ2v) is 2.63. The van der Waals surface area contributed by atoms with Crippen LogP contribution in [0.15, 0.2) is 0 Å². The van der Waals surface area contributed by atoms with E-state index in [1.165, 1.54) is 6.42 Å². The van der Waals surface area contributed by atoms with Gasteiger partial charge in [0.1, 0.15) is 0 Å². The number of hydrogen-bond donors (Lipinski definition) is 1. The zero-order valence-corrected chi connectivity index (χ0v) is 5.84. The van der Waals surface area contributed by atoms with Crippen molar-refractivity contribution in [3.63, 3.8) is 0 Å². The number of hydrogen-bond acceptors (Lipinski definition) is 2. The molecule has 0 unspecified atom stereocenters. The van der Waals surface area contributed by atoms with Crippen molar-refractivity contribution in [1.29, 1.82) is 0 Å². The zero-order valence-electron chi connectivity index (χ0n) is 5.84. The van der Waals surface area contributed by atoms with Crippen LogP contribution >= 0.6 is 0 Å². The Morgan fingerprint density at radius 1 is 1.33 bits per heavy atom. The van der Waals surface area contributed by atoms with E-state index in [1.54, 1.807) is 7.11 Å². The number of ether oxygens (including phenoxy) is 1. The lowest BCUT2D eigenvalue weighted by molar-refractivity contribution is -0.0359. The molecule has 2 atom stereocenters. The van der Waals surface area contributed by atoms with Gasteiger partial charge in [-0.1, -0.05) is 12.8 Å². The molecule has 0 spiro atoms. The van der Waals surface area contributed by atoms with E-state index in [1.807, 2.05) is 0 Å². The van der Waals surface area contributed by atoms with Gasteiger partial charge in [0.2, 0.25) is 0 Å². The van der Waals surface area contributed by atoms with Gasteiger partial charge >= 0.3 is 0 Å². The molecular weight excluding hydrogens is 116 g/mol. The van der Waals surface area contributed by atoms with E-state index >= 15 is 0 Å². The summed E-state index contributed by atoms with van der Waals surface area (Å²) in [5.74, 6) is 0. The quantitative estimate of drug-likeness (QED) is 0.572. The molecule has 54 valence electrons. The van der Waals surface area contributed by atoms with E-state index < -0.39 is 0 Å². The summed E-state index contributed by atoms with van der Waals surface area (Å²) in [7, 11) is 1.67. The third-order valence-corrected chi connectivity index (χ3v) is 1.97. The van der Waals surface area contributed by atoms with Gasteiger partial charge < -0.3 is 9.84 Å². The van der Waals surface area contributed by atoms with E-state index in [9.17, 15) is 5.11 Å². The predicted molar refractivity (Wildman–Crippen MR) is 35.3 cm³/mol. The lowest BCUT2D eigenvalue weighted by Crippen LogP contribution is -2.30. The fourth-order valence-electron chi connectivity index (χ4n) is 1.35. The second-order valence-electron chi connectivity index (χ2n) is 2.63. The van der Waals surface area contributed by atoms with Crippen LogP contribution in [-0.2, 0) is 4.74 Å². The maximum atomic E-state index is 9.24. The summed E-state index contributed by atoms with van der Waals surface area (Å²) in [4.78, 5) is 0. The van der Waals surface area contributed by atoms with Gasteiger partial charge in [0.15, 0.2) is 0 Å². The van der Waals surface area contributed by atoms with Crippen LogP contribution in [0.1, 0.15) is 25.7 Å². The summed E-state index contributed by atoms with van der Waals surface area (Å²) < 4.78 is 5.05. The fourth-order valence-corrected chi connectivity index (χ4v) is 1.35. The van der Waals surface area contributed by atoms with Gasteiger partial charge in [-0.3, -0.25) is 0 Å². The molecule has 2 heteroatoms. The first-order chi connectivity index (χ1) is 4.34. The zero-order chi connectivity index (χ0) is 6.69. The smallest absolute Gasteiger partial charge is 0.0830 e. The van der Waals surface area contributed by atoms with E-state index in [0.717, 1.165) is 19.3 Å². The highest BCUT2D eigenvalue weighted by Gasteiger charge is 2.21. The van der Waals surface area contributed by atoms with E-state index in [-0.39, 0.29) is 12.2 Å². The molecule has 0 bridgehead atoms. The van der Waals surface area contributed by atoms with Crippen LogP contribution in [0.3, 0.4) is 0 Å². The van der Waals surface area contributed by atoms with Crippen molar-refractivity contribution < 1.29 is 9.84 Å². The lowest BCUT2D eigenvalue weighted by Gasteiger charge is -2.25. The summed E-state index contributed by atoms with van der Waals surface area (Å²) in [5.41, 5.74) is 0. The van der Waals surface area contributed by atoms with Crippen LogP contribution in [0.4, 0.5) is 0 Å². The highest BCUT2D eigenvalue weighted by atomic mass is 16.5. The molecule has 2 nitrogen and oxygen atoms in total. The second kappa shape index (κ2) is 3.18. The molecule has 0 aromatic carbocycles. The largest absolute Gasteiger partial charge is 0.390 e. The molecule has 1 rings (SSSR count). The van der Waals surface area contributed by atoms with Crippen molar-refractivity contribution in [1.82, 2.24) is 0 Å². The van der Waals surface area contributed by atoms with E-state index in [2.05, 4.69) is 0 Å². The van der Waals surface area contributed by atoms with Gasteiger partial charge in [0.05, 0.1) is 12.2 Å². The molecular formula is C7H14O2. The molecule has 0 radical (unpaired) electrons. The standard InChI is InChI=1S/C7H14O2/c1-9-7-5-3-2-4-6(7)8/h6-8H,2-5H2,1H3/t6-,7-/m1/s1. The Hall–Kier alpha value is -0.0800. The summed E-state index contributed by atoms with van der Waals surface area (Å²) in [6, 6.07) is 0. The van der Waals surface area contributed by atoms with Crippen molar-refractivity contribution in [2.45, 2.75) is 37.9 Å². The normalized spacial score (nSPS) is 36.7. The van der Waals surface area contributed by atoms with E-state index in [4.69, 9.17) is 4.74 Å². The minimum atomic E-state index is -0.205. The Morgan fingerprint density at radius 3 is 2.44 bits per heavy atom. The first-order valence-corrected chi connectivity index (χ1v) is 3.55. The van der Waals surface area contributed by atoms with Crippen LogP contribution in [0.5, 0.6) is 0 Å². The van der Waals surface area contributed by atoms with Gasteiger partial charge in [0, 0.05) is 7.11 Å². The predicted octanol–water partition coefficient (Wildman–Crippen LogP) is 0.936. The monoisotopic (exact) mass is 130 g/mol. The van der Waals surface area contributed by atoms with Gasteiger partial charge in [-0.25, -0.2) is 0 Å². The van der Waals surface area contributed by atoms with Gasteiger partial charge in [-0.15, -0.1) is 0 Å². The van der Waals surface area contributed by atoms with Gasteiger partial charge in [-0.2, -0.15) is 0 Å². The van der Waals surface area contributed by atoms with E-state index in [0.29, 0.717) is 0 Å². The first-order valence-electron chi connectivity index (χ1n) is 3.55. The molecule has 1 saturated carbocycles. The Balaban J connectivity index is 2.30. The molecule has 1 fully saturated rings. The molecule has 0 aromatic heterocycles. The van der Waals surface area contributed by atoms with Crippen LogP contribution in [0.2, 0.25) is 0 Å². The number of aliphatic hydroxyl groups is 1. The Morgan fingerprint density at radius 2 is 2.00 bits per heavy atom. The maximum Gasteiger partial charge on any atom is 0.0830 e. The highest BCUT2D eigenvalue weighted by Crippen LogP contribution is 2.19. The summed E-state index contributed by atoms with van der Waals surface area (Å²) >= 11 is 0. The van der Waals surface area contributed by atoms with Crippen molar-refractivity contribution >= 4 is 0 Å². The molecule has 9 heavy (non-hydrogen) atoms. The Kier molecular flexibility index (Phi) is 2.49. The van der Waals surface area contributed by atoms with Crippen LogP contribution < -0.4 is 0 Å². The first kappa shape index (κ1) is 7.03. The Labute approximate surface area is 55.8 Å². The topological polar surface area (TPSA) is 29.5 Å². The third-order valence-electron chi connectivity index (χ3n) is 1.97.